The standard InChI is InChI=1S/C11H20N6O2S/c1-7(2)14-9-15-8(16-10(17-9)19-4)13-5-6-20-11(18)12-3/h7H,5-6H2,1-4H3,(H,12,18)(H2,13,14,15,16,17). The zero-order valence-corrected chi connectivity index (χ0v) is 12.9. The maximum Gasteiger partial charge on any atom is 0.322 e. The Labute approximate surface area is 122 Å². The minimum absolute atomic E-state index is 0.0674. The van der Waals surface area contributed by atoms with Crippen molar-refractivity contribution in [1.29, 1.82) is 0 Å². The molecule has 0 aliphatic carbocycles. The molecule has 1 aromatic rings. The molecule has 1 aromatic heterocycles. The third-order valence-electron chi connectivity index (χ3n) is 2.04. The summed E-state index contributed by atoms with van der Waals surface area (Å²) in [5, 5.41) is 8.59. The van der Waals surface area contributed by atoms with Crippen LogP contribution in [0, 0.1) is 0 Å². The highest BCUT2D eigenvalue weighted by Crippen LogP contribution is 2.11. The first kappa shape index (κ1) is 16.3. The van der Waals surface area contributed by atoms with Crippen LogP contribution in [0.2, 0.25) is 0 Å². The number of anilines is 2. The maximum absolute atomic E-state index is 11.1. The van der Waals surface area contributed by atoms with Gasteiger partial charge in [0.15, 0.2) is 0 Å². The zero-order valence-electron chi connectivity index (χ0n) is 12.1. The summed E-state index contributed by atoms with van der Waals surface area (Å²) in [6.07, 6.45) is 0. The van der Waals surface area contributed by atoms with Crippen LogP contribution in [0.3, 0.4) is 0 Å². The number of methoxy groups -OCH3 is 1. The topological polar surface area (TPSA) is 101 Å². The lowest BCUT2D eigenvalue weighted by Gasteiger charge is -2.11. The third-order valence-corrected chi connectivity index (χ3v) is 2.91. The molecule has 0 bridgehead atoms. The number of ether oxygens (including phenoxy) is 1. The second-order valence-electron chi connectivity index (χ2n) is 4.08. The number of hydrogen-bond donors (Lipinski definition) is 3. The van der Waals surface area contributed by atoms with Gasteiger partial charge in [-0.3, -0.25) is 4.79 Å². The van der Waals surface area contributed by atoms with Crippen molar-refractivity contribution in [2.24, 2.45) is 0 Å². The van der Waals surface area contributed by atoms with E-state index < -0.39 is 0 Å². The lowest BCUT2D eigenvalue weighted by molar-refractivity contribution is 0.262. The monoisotopic (exact) mass is 300 g/mol. The summed E-state index contributed by atoms with van der Waals surface area (Å²) in [6.45, 7) is 4.54. The largest absolute Gasteiger partial charge is 0.467 e. The van der Waals surface area contributed by atoms with E-state index in [4.69, 9.17) is 4.74 Å². The first-order chi connectivity index (χ1) is 9.55. The Bertz CT molecular complexity index is 443. The molecule has 0 unspecified atom stereocenters. The van der Waals surface area contributed by atoms with Crippen LogP contribution < -0.4 is 20.7 Å². The van der Waals surface area contributed by atoms with Gasteiger partial charge in [-0.15, -0.1) is 0 Å². The molecule has 9 heteroatoms. The first-order valence-corrected chi connectivity index (χ1v) is 7.18. The molecule has 0 aliphatic heterocycles. The normalized spacial score (nSPS) is 10.2. The van der Waals surface area contributed by atoms with Gasteiger partial charge >= 0.3 is 6.01 Å². The van der Waals surface area contributed by atoms with Crippen LogP contribution in [-0.4, -0.2) is 52.7 Å². The molecule has 1 amide bonds. The van der Waals surface area contributed by atoms with E-state index in [9.17, 15) is 4.79 Å². The van der Waals surface area contributed by atoms with Crippen LogP contribution in [0.4, 0.5) is 16.7 Å². The number of carbonyl (C=O) groups is 1. The van der Waals surface area contributed by atoms with Crippen molar-refractivity contribution < 1.29 is 9.53 Å². The summed E-state index contributed by atoms with van der Waals surface area (Å²) < 4.78 is 5.03. The second kappa shape index (κ2) is 8.41. The van der Waals surface area contributed by atoms with Crippen LogP contribution in [0.5, 0.6) is 6.01 Å². The molecule has 1 heterocycles. The number of carbonyl (C=O) groups excluding carboxylic acids is 1. The van der Waals surface area contributed by atoms with Gasteiger partial charge in [0.1, 0.15) is 0 Å². The van der Waals surface area contributed by atoms with E-state index in [0.29, 0.717) is 24.2 Å². The van der Waals surface area contributed by atoms with Crippen molar-refractivity contribution in [1.82, 2.24) is 20.3 Å². The lowest BCUT2D eigenvalue weighted by Crippen LogP contribution is -2.17. The van der Waals surface area contributed by atoms with Gasteiger partial charge in [0.25, 0.3) is 5.24 Å². The fourth-order valence-electron chi connectivity index (χ4n) is 1.23. The molecule has 8 nitrogen and oxygen atoms in total. The molecule has 0 aliphatic rings. The minimum Gasteiger partial charge on any atom is -0.467 e. The SMILES string of the molecule is CNC(=O)SCCNc1nc(NC(C)C)nc(OC)n1. The summed E-state index contributed by atoms with van der Waals surface area (Å²) in [5.41, 5.74) is 0. The predicted molar refractivity (Wildman–Crippen MR) is 80.5 cm³/mol. The van der Waals surface area contributed by atoms with Gasteiger partial charge in [-0.2, -0.15) is 15.0 Å². The van der Waals surface area contributed by atoms with Crippen molar-refractivity contribution in [3.63, 3.8) is 0 Å². The average molecular weight is 300 g/mol. The van der Waals surface area contributed by atoms with Crippen molar-refractivity contribution in [3.05, 3.63) is 0 Å². The molecule has 0 spiro atoms. The van der Waals surface area contributed by atoms with Crippen molar-refractivity contribution in [2.75, 3.05) is 37.1 Å². The Morgan fingerprint density at radius 1 is 1.30 bits per heavy atom. The summed E-state index contributed by atoms with van der Waals surface area (Å²) in [4.78, 5) is 23.5. The third kappa shape index (κ3) is 5.91. The molecular formula is C11H20N6O2S. The van der Waals surface area contributed by atoms with Crippen LogP contribution >= 0.6 is 11.8 Å². The highest BCUT2D eigenvalue weighted by atomic mass is 32.2. The predicted octanol–water partition coefficient (Wildman–Crippen LogP) is 1.18. The van der Waals surface area contributed by atoms with Crippen LogP contribution in [0.15, 0.2) is 0 Å². The van der Waals surface area contributed by atoms with Crippen molar-refractivity contribution >= 4 is 28.9 Å². The Morgan fingerprint density at radius 2 is 2.00 bits per heavy atom. The fraction of sp³-hybridized carbons (Fsp3) is 0.636. The maximum atomic E-state index is 11.1. The number of aromatic nitrogens is 3. The lowest BCUT2D eigenvalue weighted by atomic mass is 10.4. The molecular weight excluding hydrogens is 280 g/mol. The molecule has 20 heavy (non-hydrogen) atoms. The van der Waals surface area contributed by atoms with Crippen molar-refractivity contribution in [2.45, 2.75) is 19.9 Å². The zero-order chi connectivity index (χ0) is 15.0. The average Bonchev–Trinajstić information content (AvgIpc) is 2.42. The molecule has 3 N–H and O–H groups in total. The summed E-state index contributed by atoms with van der Waals surface area (Å²) in [7, 11) is 3.10. The van der Waals surface area contributed by atoms with Gasteiger partial charge < -0.3 is 20.7 Å². The quantitative estimate of drug-likeness (QED) is 0.645. The van der Waals surface area contributed by atoms with E-state index in [1.54, 1.807) is 7.05 Å². The van der Waals surface area contributed by atoms with E-state index in [-0.39, 0.29) is 17.3 Å². The van der Waals surface area contributed by atoms with Crippen LogP contribution in [-0.2, 0) is 0 Å². The minimum atomic E-state index is -0.0674. The molecule has 112 valence electrons. The van der Waals surface area contributed by atoms with Gasteiger partial charge in [-0.1, -0.05) is 11.8 Å². The number of thioether (sulfide) groups is 1. The second-order valence-corrected chi connectivity index (χ2v) is 5.15. The molecule has 1 rings (SSSR count). The van der Waals surface area contributed by atoms with Crippen LogP contribution in [0.25, 0.3) is 0 Å². The number of nitrogens with one attached hydrogen (secondary N) is 3. The Kier molecular flexibility index (Phi) is 6.85. The molecule has 0 fully saturated rings. The van der Waals surface area contributed by atoms with E-state index >= 15 is 0 Å². The van der Waals surface area contributed by atoms with Crippen LogP contribution in [0.1, 0.15) is 13.8 Å². The molecule has 0 aromatic carbocycles. The Hall–Kier alpha value is -1.77. The number of nitrogens with zero attached hydrogens (tertiary/aromatic N) is 3. The fourth-order valence-corrected chi connectivity index (χ4v) is 1.76. The number of amides is 1. The summed E-state index contributed by atoms with van der Waals surface area (Å²) >= 11 is 1.19. The van der Waals surface area contributed by atoms with Gasteiger partial charge in [0.05, 0.1) is 7.11 Å². The first-order valence-electron chi connectivity index (χ1n) is 6.20. The van der Waals surface area contributed by atoms with Gasteiger partial charge in [-0.25, -0.2) is 0 Å². The molecule has 0 saturated heterocycles. The van der Waals surface area contributed by atoms with Gasteiger partial charge in [-0.05, 0) is 13.8 Å². The number of rotatable bonds is 7. The van der Waals surface area contributed by atoms with Gasteiger partial charge in [0.2, 0.25) is 11.9 Å². The van der Waals surface area contributed by atoms with E-state index in [1.165, 1.54) is 18.9 Å². The van der Waals surface area contributed by atoms with E-state index in [2.05, 4.69) is 30.9 Å². The van der Waals surface area contributed by atoms with Crippen molar-refractivity contribution in [3.8, 4) is 6.01 Å². The summed E-state index contributed by atoms with van der Waals surface area (Å²) in [5.74, 6) is 1.48. The highest BCUT2D eigenvalue weighted by molar-refractivity contribution is 8.13. The number of hydrogen-bond acceptors (Lipinski definition) is 8. The Balaban J connectivity index is 2.57. The highest BCUT2D eigenvalue weighted by Gasteiger charge is 2.07. The molecule has 0 atom stereocenters. The van der Waals surface area contributed by atoms with E-state index in [1.807, 2.05) is 13.8 Å². The van der Waals surface area contributed by atoms with Gasteiger partial charge in [0, 0.05) is 25.4 Å². The molecule has 0 saturated carbocycles. The smallest absolute Gasteiger partial charge is 0.322 e. The molecule has 0 radical (unpaired) electrons. The summed E-state index contributed by atoms with van der Waals surface area (Å²) in [6, 6.07) is 0.448. The van der Waals surface area contributed by atoms with E-state index in [0.717, 1.165) is 0 Å². The Morgan fingerprint density at radius 3 is 2.60 bits per heavy atom.